The molecule has 2 N–H and O–H groups in total. The van der Waals surface area contributed by atoms with E-state index in [2.05, 4.69) is 10.4 Å². The van der Waals surface area contributed by atoms with Crippen molar-refractivity contribution in [3.05, 3.63) is 32.8 Å². The monoisotopic (exact) mass is 169 g/mol. The molecule has 1 aromatic heterocycles. The number of rotatable bonds is 3. The highest BCUT2D eigenvalue weighted by Gasteiger charge is 1.93. The number of hydrogen-bond donors (Lipinski definition) is 2. The molecule has 12 heavy (non-hydrogen) atoms. The van der Waals surface area contributed by atoms with Crippen LogP contribution in [0.4, 0.5) is 0 Å². The first-order valence-corrected chi connectivity index (χ1v) is 3.69. The molecule has 0 amide bonds. The van der Waals surface area contributed by atoms with Gasteiger partial charge in [-0.15, -0.1) is 0 Å². The predicted octanol–water partition coefficient (Wildman–Crippen LogP) is -1.24. The molecule has 0 fully saturated rings. The zero-order chi connectivity index (χ0) is 8.97. The van der Waals surface area contributed by atoms with Crippen LogP contribution < -0.4 is 16.4 Å². The van der Waals surface area contributed by atoms with E-state index in [9.17, 15) is 9.59 Å². The Bertz CT molecular complexity index is 352. The fourth-order valence-corrected chi connectivity index (χ4v) is 0.852. The lowest BCUT2D eigenvalue weighted by molar-refractivity contribution is 0.548. The van der Waals surface area contributed by atoms with Gasteiger partial charge in [0, 0.05) is 18.7 Å². The van der Waals surface area contributed by atoms with Gasteiger partial charge in [0.05, 0.1) is 6.54 Å². The molecule has 1 aromatic rings. The Labute approximate surface area is 69.0 Å². The number of nitrogens with one attached hydrogen (secondary N) is 2. The van der Waals surface area contributed by atoms with E-state index in [1.54, 1.807) is 7.05 Å². The van der Waals surface area contributed by atoms with Crippen LogP contribution in [-0.4, -0.2) is 23.4 Å². The van der Waals surface area contributed by atoms with Crippen LogP contribution in [0.5, 0.6) is 0 Å². The van der Waals surface area contributed by atoms with Gasteiger partial charge in [-0.25, -0.2) is 4.68 Å². The highest BCUT2D eigenvalue weighted by Crippen LogP contribution is 1.69. The Kier molecular flexibility index (Phi) is 2.82. The van der Waals surface area contributed by atoms with Gasteiger partial charge in [-0.2, -0.15) is 0 Å². The molecule has 0 unspecified atom stereocenters. The summed E-state index contributed by atoms with van der Waals surface area (Å²) < 4.78 is 1.28. The molecule has 1 heterocycles. The zero-order valence-corrected chi connectivity index (χ0v) is 6.83. The fourth-order valence-electron chi connectivity index (χ4n) is 0.852. The number of H-pyrrole nitrogens is 1. The van der Waals surface area contributed by atoms with Gasteiger partial charge in [0.2, 0.25) is 0 Å². The summed E-state index contributed by atoms with van der Waals surface area (Å²) >= 11 is 0. The minimum Gasteiger partial charge on any atom is -0.318 e. The molecule has 0 saturated carbocycles. The highest BCUT2D eigenvalue weighted by atomic mass is 16.1. The summed E-state index contributed by atoms with van der Waals surface area (Å²) in [5.74, 6) is 0. The second-order valence-corrected chi connectivity index (χ2v) is 2.40. The Morgan fingerprint density at radius 1 is 1.50 bits per heavy atom. The summed E-state index contributed by atoms with van der Waals surface area (Å²) in [6.45, 7) is 1.13. The molecule has 0 aliphatic heterocycles. The van der Waals surface area contributed by atoms with Gasteiger partial charge in [0.1, 0.15) is 0 Å². The van der Waals surface area contributed by atoms with Crippen molar-refractivity contribution in [1.82, 2.24) is 15.1 Å². The quantitative estimate of drug-likeness (QED) is 0.594. The topological polar surface area (TPSA) is 66.9 Å². The molecule has 66 valence electrons. The molecule has 0 aliphatic carbocycles. The molecule has 0 radical (unpaired) electrons. The third-order valence-electron chi connectivity index (χ3n) is 1.47. The lowest BCUT2D eigenvalue weighted by Gasteiger charge is -2.02. The van der Waals surface area contributed by atoms with Gasteiger partial charge in [0.25, 0.3) is 11.1 Å². The van der Waals surface area contributed by atoms with Crippen LogP contribution in [0.25, 0.3) is 0 Å². The standard InChI is InChI=1S/C7H11N3O2/c1-8-4-5-10-7(12)3-2-6(11)9-10/h2-3,8H,4-5H2,1H3,(H,9,11). The average Bonchev–Trinajstić information content (AvgIpc) is 2.07. The van der Waals surface area contributed by atoms with Crippen LogP contribution in [0.2, 0.25) is 0 Å². The molecule has 0 atom stereocenters. The van der Waals surface area contributed by atoms with Gasteiger partial charge >= 0.3 is 0 Å². The van der Waals surface area contributed by atoms with Gasteiger partial charge < -0.3 is 5.32 Å². The lowest BCUT2D eigenvalue weighted by atomic mass is 10.5. The summed E-state index contributed by atoms with van der Waals surface area (Å²) in [4.78, 5) is 21.8. The SMILES string of the molecule is CNCCn1[nH]c(=O)ccc1=O. The van der Waals surface area contributed by atoms with E-state index < -0.39 is 0 Å². The molecule has 0 aromatic carbocycles. The normalized spacial score (nSPS) is 10.1. The third-order valence-corrected chi connectivity index (χ3v) is 1.47. The van der Waals surface area contributed by atoms with E-state index in [0.29, 0.717) is 13.1 Å². The first-order chi connectivity index (χ1) is 5.74. The van der Waals surface area contributed by atoms with Crippen LogP contribution in [-0.2, 0) is 6.54 Å². The maximum Gasteiger partial charge on any atom is 0.265 e. The van der Waals surface area contributed by atoms with Crippen molar-refractivity contribution < 1.29 is 0 Å². The summed E-state index contributed by atoms with van der Waals surface area (Å²) in [6.07, 6.45) is 0. The number of aromatic amines is 1. The molecular formula is C7H11N3O2. The molecule has 0 aliphatic rings. The molecule has 5 heteroatoms. The van der Waals surface area contributed by atoms with Crippen molar-refractivity contribution in [2.45, 2.75) is 6.54 Å². The maximum atomic E-state index is 11.0. The Hall–Kier alpha value is -1.36. The van der Waals surface area contributed by atoms with Crippen LogP contribution in [0.1, 0.15) is 0 Å². The largest absolute Gasteiger partial charge is 0.318 e. The number of likely N-dealkylation sites (N-methyl/N-ethyl adjacent to an activating group) is 1. The summed E-state index contributed by atoms with van der Waals surface area (Å²) in [5.41, 5.74) is -0.449. The molecule has 0 saturated heterocycles. The molecule has 5 nitrogen and oxygen atoms in total. The minimum absolute atomic E-state index is 0.190. The minimum atomic E-state index is -0.259. The van der Waals surface area contributed by atoms with Crippen LogP contribution >= 0.6 is 0 Å². The van der Waals surface area contributed by atoms with Crippen LogP contribution in [0.3, 0.4) is 0 Å². The molecule has 0 bridgehead atoms. The Morgan fingerprint density at radius 2 is 2.25 bits per heavy atom. The van der Waals surface area contributed by atoms with Crippen molar-refractivity contribution >= 4 is 0 Å². The van der Waals surface area contributed by atoms with Crippen molar-refractivity contribution in [3.63, 3.8) is 0 Å². The van der Waals surface area contributed by atoms with E-state index in [0.717, 1.165) is 0 Å². The van der Waals surface area contributed by atoms with Crippen LogP contribution in [0.15, 0.2) is 21.7 Å². The van der Waals surface area contributed by atoms with Crippen molar-refractivity contribution in [2.75, 3.05) is 13.6 Å². The van der Waals surface area contributed by atoms with E-state index in [1.165, 1.54) is 16.8 Å². The molecular weight excluding hydrogens is 158 g/mol. The Balaban J connectivity index is 2.90. The summed E-state index contributed by atoms with van der Waals surface area (Å²) in [6, 6.07) is 2.48. The average molecular weight is 169 g/mol. The number of hydrogen-bond acceptors (Lipinski definition) is 3. The van der Waals surface area contributed by atoms with Gasteiger partial charge in [-0.05, 0) is 7.05 Å². The fraction of sp³-hybridized carbons (Fsp3) is 0.429. The van der Waals surface area contributed by atoms with E-state index >= 15 is 0 Å². The molecule has 1 rings (SSSR count). The highest BCUT2D eigenvalue weighted by molar-refractivity contribution is 4.85. The van der Waals surface area contributed by atoms with E-state index in [1.807, 2.05) is 0 Å². The van der Waals surface area contributed by atoms with Crippen LogP contribution in [0, 0.1) is 0 Å². The number of nitrogens with zero attached hydrogens (tertiary/aromatic N) is 1. The van der Waals surface area contributed by atoms with Crippen molar-refractivity contribution in [1.29, 1.82) is 0 Å². The second-order valence-electron chi connectivity index (χ2n) is 2.40. The summed E-state index contributed by atoms with van der Waals surface area (Å²) in [7, 11) is 1.78. The third kappa shape index (κ3) is 2.06. The molecule has 0 spiro atoms. The zero-order valence-electron chi connectivity index (χ0n) is 6.83. The van der Waals surface area contributed by atoms with Crippen molar-refractivity contribution in [3.8, 4) is 0 Å². The smallest absolute Gasteiger partial charge is 0.265 e. The summed E-state index contributed by atoms with van der Waals surface area (Å²) in [5, 5.41) is 5.30. The first kappa shape index (κ1) is 8.73. The van der Waals surface area contributed by atoms with E-state index in [4.69, 9.17) is 0 Å². The van der Waals surface area contributed by atoms with Gasteiger partial charge in [-0.3, -0.25) is 14.7 Å². The number of aromatic nitrogens is 2. The Morgan fingerprint density at radius 3 is 2.92 bits per heavy atom. The van der Waals surface area contributed by atoms with Gasteiger partial charge in [-0.1, -0.05) is 0 Å². The van der Waals surface area contributed by atoms with Gasteiger partial charge in [0.15, 0.2) is 0 Å². The second kappa shape index (κ2) is 3.87. The predicted molar refractivity (Wildman–Crippen MR) is 45.2 cm³/mol. The first-order valence-electron chi connectivity index (χ1n) is 3.69. The maximum absolute atomic E-state index is 11.0. The lowest BCUT2D eigenvalue weighted by Crippen LogP contribution is -2.31. The van der Waals surface area contributed by atoms with Crippen molar-refractivity contribution in [2.24, 2.45) is 0 Å². The van der Waals surface area contributed by atoms with E-state index in [-0.39, 0.29) is 11.1 Å².